The fourth-order valence-corrected chi connectivity index (χ4v) is 1.60. The van der Waals surface area contributed by atoms with E-state index in [4.69, 9.17) is 15.2 Å². The molecule has 1 aliphatic carbocycles. The maximum atomic E-state index is 11.6. The minimum atomic E-state index is -0.417. The van der Waals surface area contributed by atoms with Crippen LogP contribution in [0.5, 0.6) is 0 Å². The molecular weight excluding hydrogens is 286 g/mol. The first-order chi connectivity index (χ1) is 8.16. The second-order valence-corrected chi connectivity index (χ2v) is 4.95. The number of benzene rings is 1. The van der Waals surface area contributed by atoms with Gasteiger partial charge in [-0.15, -0.1) is 0 Å². The number of esters is 1. The predicted molar refractivity (Wildman–Crippen MR) is 67.5 cm³/mol. The number of halogens is 1. The van der Waals surface area contributed by atoms with Crippen LogP contribution in [0.2, 0.25) is 0 Å². The van der Waals surface area contributed by atoms with Crippen molar-refractivity contribution in [2.75, 3.05) is 19.1 Å². The van der Waals surface area contributed by atoms with Crippen molar-refractivity contribution in [3.63, 3.8) is 0 Å². The largest absolute Gasteiger partial charge is 0.435 e. The average Bonchev–Trinajstić information content (AvgIpc) is 3.12. The molecule has 0 bridgehead atoms. The Kier molecular flexibility index (Phi) is 4.02. The molecule has 1 saturated carbocycles. The number of carbonyl (C=O) groups is 1. The summed E-state index contributed by atoms with van der Waals surface area (Å²) < 4.78 is 11.0. The van der Waals surface area contributed by atoms with E-state index in [2.05, 4.69) is 15.9 Å². The highest BCUT2D eigenvalue weighted by atomic mass is 79.9. The maximum absolute atomic E-state index is 11.6. The van der Waals surface area contributed by atoms with Crippen molar-refractivity contribution in [3.8, 4) is 0 Å². The van der Waals surface area contributed by atoms with Crippen LogP contribution in [-0.2, 0) is 9.47 Å². The van der Waals surface area contributed by atoms with Crippen LogP contribution in [0.4, 0.5) is 5.69 Å². The van der Waals surface area contributed by atoms with Crippen molar-refractivity contribution >= 4 is 27.6 Å². The van der Waals surface area contributed by atoms with Crippen molar-refractivity contribution in [2.45, 2.75) is 12.8 Å². The van der Waals surface area contributed by atoms with E-state index in [-0.39, 0.29) is 6.79 Å². The van der Waals surface area contributed by atoms with Gasteiger partial charge in [-0.2, -0.15) is 0 Å². The van der Waals surface area contributed by atoms with Crippen molar-refractivity contribution in [1.82, 2.24) is 0 Å². The maximum Gasteiger partial charge on any atom is 0.340 e. The lowest BCUT2D eigenvalue weighted by atomic mass is 10.2. The van der Waals surface area contributed by atoms with Gasteiger partial charge in [0.25, 0.3) is 0 Å². The summed E-state index contributed by atoms with van der Waals surface area (Å²) in [5, 5.41) is 0. The minimum Gasteiger partial charge on any atom is -0.435 e. The SMILES string of the molecule is Nc1cc(C(=O)OCOCC2CC2)ccc1Br. The molecule has 1 aromatic carbocycles. The number of nitrogen functional groups attached to an aromatic ring is 1. The van der Waals surface area contributed by atoms with Crippen LogP contribution in [-0.4, -0.2) is 19.4 Å². The lowest BCUT2D eigenvalue weighted by Crippen LogP contribution is -2.10. The Morgan fingerprint density at radius 1 is 1.47 bits per heavy atom. The number of carbonyl (C=O) groups excluding carboxylic acids is 1. The summed E-state index contributed by atoms with van der Waals surface area (Å²) in [5.74, 6) is 0.247. The quantitative estimate of drug-likeness (QED) is 0.393. The summed E-state index contributed by atoms with van der Waals surface area (Å²) in [5.41, 5.74) is 6.62. The van der Waals surface area contributed by atoms with Gasteiger partial charge >= 0.3 is 5.97 Å². The zero-order chi connectivity index (χ0) is 12.3. The van der Waals surface area contributed by atoms with Gasteiger partial charge in [0.2, 0.25) is 0 Å². The molecule has 4 nitrogen and oxygen atoms in total. The van der Waals surface area contributed by atoms with Crippen molar-refractivity contribution in [2.24, 2.45) is 5.92 Å². The monoisotopic (exact) mass is 299 g/mol. The first kappa shape index (κ1) is 12.4. The highest BCUT2D eigenvalue weighted by molar-refractivity contribution is 9.10. The van der Waals surface area contributed by atoms with Gasteiger partial charge in [0.05, 0.1) is 12.2 Å². The number of nitrogens with two attached hydrogens (primary N) is 1. The van der Waals surface area contributed by atoms with Crippen LogP contribution < -0.4 is 5.73 Å². The molecule has 17 heavy (non-hydrogen) atoms. The number of hydrogen-bond acceptors (Lipinski definition) is 4. The van der Waals surface area contributed by atoms with Gasteiger partial charge in [-0.1, -0.05) is 0 Å². The third-order valence-electron chi connectivity index (χ3n) is 2.56. The zero-order valence-electron chi connectivity index (χ0n) is 9.32. The molecule has 0 heterocycles. The Morgan fingerprint density at radius 2 is 2.24 bits per heavy atom. The van der Waals surface area contributed by atoms with Gasteiger partial charge in [0.15, 0.2) is 6.79 Å². The van der Waals surface area contributed by atoms with Crippen molar-refractivity contribution < 1.29 is 14.3 Å². The van der Waals surface area contributed by atoms with E-state index in [0.717, 1.165) is 4.47 Å². The van der Waals surface area contributed by atoms with Gasteiger partial charge in [0, 0.05) is 10.2 Å². The van der Waals surface area contributed by atoms with Crippen molar-refractivity contribution in [1.29, 1.82) is 0 Å². The topological polar surface area (TPSA) is 61.6 Å². The Hall–Kier alpha value is -1.07. The van der Waals surface area contributed by atoms with Gasteiger partial charge in [-0.3, -0.25) is 0 Å². The first-order valence-electron chi connectivity index (χ1n) is 5.46. The molecule has 1 aliphatic rings. The standard InChI is InChI=1S/C12H14BrNO3/c13-10-4-3-9(5-11(10)14)12(15)17-7-16-6-8-1-2-8/h3-5,8H,1-2,6-7,14H2. The molecule has 1 fully saturated rings. The van der Waals surface area contributed by atoms with Gasteiger partial charge in [-0.05, 0) is 52.9 Å². The molecule has 1 aromatic rings. The predicted octanol–water partition coefficient (Wildman–Crippen LogP) is 2.57. The van der Waals surface area contributed by atoms with Crippen LogP contribution in [0.1, 0.15) is 23.2 Å². The van der Waals surface area contributed by atoms with E-state index in [0.29, 0.717) is 23.8 Å². The normalized spacial score (nSPS) is 14.6. The zero-order valence-corrected chi connectivity index (χ0v) is 10.9. The summed E-state index contributed by atoms with van der Waals surface area (Å²) >= 11 is 3.26. The van der Waals surface area contributed by atoms with Crippen molar-refractivity contribution in [3.05, 3.63) is 28.2 Å². The third kappa shape index (κ3) is 3.71. The molecule has 0 aromatic heterocycles. The molecule has 92 valence electrons. The second-order valence-electron chi connectivity index (χ2n) is 4.10. The summed E-state index contributed by atoms with van der Waals surface area (Å²) in [6, 6.07) is 4.95. The Morgan fingerprint density at radius 3 is 2.88 bits per heavy atom. The molecule has 0 spiro atoms. The van der Waals surface area contributed by atoms with Crippen LogP contribution in [0.15, 0.2) is 22.7 Å². The summed E-state index contributed by atoms with van der Waals surface area (Å²) in [6.45, 7) is 0.682. The molecule has 5 heteroatoms. The van der Waals surface area contributed by atoms with E-state index in [9.17, 15) is 4.79 Å². The van der Waals surface area contributed by atoms with Crippen LogP contribution in [0.25, 0.3) is 0 Å². The van der Waals surface area contributed by atoms with E-state index >= 15 is 0 Å². The first-order valence-corrected chi connectivity index (χ1v) is 6.26. The van der Waals surface area contributed by atoms with Crippen LogP contribution in [0, 0.1) is 5.92 Å². The molecular formula is C12H14BrNO3. The fraction of sp³-hybridized carbons (Fsp3) is 0.417. The number of anilines is 1. The van der Waals surface area contributed by atoms with Crippen LogP contribution in [0.3, 0.4) is 0 Å². The molecule has 0 aliphatic heterocycles. The van der Waals surface area contributed by atoms with E-state index in [1.54, 1.807) is 18.2 Å². The molecule has 2 rings (SSSR count). The molecule has 0 atom stereocenters. The Labute approximate surface area is 108 Å². The third-order valence-corrected chi connectivity index (χ3v) is 3.28. The van der Waals surface area contributed by atoms with E-state index < -0.39 is 5.97 Å². The number of ether oxygens (including phenoxy) is 2. The van der Waals surface area contributed by atoms with Gasteiger partial charge in [-0.25, -0.2) is 4.79 Å². The summed E-state index contributed by atoms with van der Waals surface area (Å²) in [6.07, 6.45) is 2.44. The van der Waals surface area contributed by atoms with E-state index in [1.807, 2.05) is 0 Å². The minimum absolute atomic E-state index is 0.00526. The molecule has 0 saturated heterocycles. The second kappa shape index (κ2) is 5.51. The Bertz CT molecular complexity index is 418. The summed E-state index contributed by atoms with van der Waals surface area (Å²) in [7, 11) is 0. The number of rotatable bonds is 5. The highest BCUT2D eigenvalue weighted by Gasteiger charge is 2.21. The fourth-order valence-electron chi connectivity index (χ4n) is 1.35. The lowest BCUT2D eigenvalue weighted by molar-refractivity contribution is -0.0344. The van der Waals surface area contributed by atoms with Gasteiger partial charge in [0.1, 0.15) is 0 Å². The molecule has 0 radical (unpaired) electrons. The highest BCUT2D eigenvalue weighted by Crippen LogP contribution is 2.28. The summed E-state index contributed by atoms with van der Waals surface area (Å²) in [4.78, 5) is 11.6. The number of hydrogen-bond donors (Lipinski definition) is 1. The average molecular weight is 300 g/mol. The molecule has 0 amide bonds. The lowest BCUT2D eigenvalue weighted by Gasteiger charge is -2.06. The van der Waals surface area contributed by atoms with E-state index in [1.165, 1.54) is 12.8 Å². The Balaban J connectivity index is 1.79. The van der Waals surface area contributed by atoms with Crippen LogP contribution >= 0.6 is 15.9 Å². The van der Waals surface area contributed by atoms with Gasteiger partial charge < -0.3 is 15.2 Å². The smallest absolute Gasteiger partial charge is 0.340 e. The molecule has 2 N–H and O–H groups in total. The molecule has 0 unspecified atom stereocenters.